The van der Waals surface area contributed by atoms with Gasteiger partial charge in [0.15, 0.2) is 6.29 Å². The van der Waals surface area contributed by atoms with Crippen LogP contribution in [0, 0.1) is 0 Å². The zero-order valence-electron chi connectivity index (χ0n) is 10.4. The quantitative estimate of drug-likeness (QED) is 0.842. The second kappa shape index (κ2) is 4.52. The molecule has 0 aromatic heterocycles. The summed E-state index contributed by atoms with van der Waals surface area (Å²) in [5, 5.41) is 9.84. The summed E-state index contributed by atoms with van der Waals surface area (Å²) in [7, 11) is 0. The SMILES string of the molecule is CC1(O)CCN(c2ccc(C=O)c(C(F)(F)F)c2)C1. The summed E-state index contributed by atoms with van der Waals surface area (Å²) in [6.45, 7) is 2.42. The Hall–Kier alpha value is -1.56. The molecule has 6 heteroatoms. The average Bonchev–Trinajstić information content (AvgIpc) is 2.68. The number of aldehydes is 1. The molecule has 1 saturated heterocycles. The normalized spacial score (nSPS) is 23.7. The average molecular weight is 273 g/mol. The smallest absolute Gasteiger partial charge is 0.388 e. The minimum absolute atomic E-state index is 0.201. The highest BCUT2D eigenvalue weighted by atomic mass is 19.4. The predicted octanol–water partition coefficient (Wildman–Crippen LogP) is 2.48. The molecule has 0 saturated carbocycles. The van der Waals surface area contributed by atoms with Crippen LogP contribution in [0.25, 0.3) is 0 Å². The molecule has 1 atom stereocenters. The number of alkyl halides is 3. The van der Waals surface area contributed by atoms with Gasteiger partial charge >= 0.3 is 6.18 Å². The molecule has 1 aliphatic heterocycles. The lowest BCUT2D eigenvalue weighted by Gasteiger charge is -2.22. The van der Waals surface area contributed by atoms with E-state index in [4.69, 9.17) is 0 Å². The van der Waals surface area contributed by atoms with Gasteiger partial charge in [0.05, 0.1) is 11.2 Å². The molecule has 0 aliphatic carbocycles. The van der Waals surface area contributed by atoms with Gasteiger partial charge < -0.3 is 10.0 Å². The second-order valence-electron chi connectivity index (χ2n) is 5.06. The van der Waals surface area contributed by atoms with Crippen LogP contribution in [-0.4, -0.2) is 30.1 Å². The van der Waals surface area contributed by atoms with E-state index in [1.165, 1.54) is 6.07 Å². The van der Waals surface area contributed by atoms with Gasteiger partial charge in [0, 0.05) is 24.3 Å². The molecule has 1 aliphatic rings. The molecule has 0 amide bonds. The zero-order valence-corrected chi connectivity index (χ0v) is 10.4. The fraction of sp³-hybridized carbons (Fsp3) is 0.462. The number of nitrogens with zero attached hydrogens (tertiary/aromatic N) is 1. The lowest BCUT2D eigenvalue weighted by atomic mass is 10.1. The van der Waals surface area contributed by atoms with Gasteiger partial charge in [-0.25, -0.2) is 0 Å². The first-order valence-corrected chi connectivity index (χ1v) is 5.87. The Morgan fingerprint density at radius 3 is 2.58 bits per heavy atom. The van der Waals surface area contributed by atoms with Crippen LogP contribution in [0.5, 0.6) is 0 Å². The van der Waals surface area contributed by atoms with Gasteiger partial charge in [-0.1, -0.05) is 0 Å². The number of benzene rings is 1. The monoisotopic (exact) mass is 273 g/mol. The van der Waals surface area contributed by atoms with Crippen LogP contribution >= 0.6 is 0 Å². The van der Waals surface area contributed by atoms with E-state index in [2.05, 4.69) is 0 Å². The number of aliphatic hydroxyl groups is 1. The number of hydrogen-bond acceptors (Lipinski definition) is 3. The van der Waals surface area contributed by atoms with Crippen molar-refractivity contribution < 1.29 is 23.1 Å². The fourth-order valence-corrected chi connectivity index (χ4v) is 2.25. The van der Waals surface area contributed by atoms with Crippen LogP contribution < -0.4 is 4.90 Å². The minimum Gasteiger partial charge on any atom is -0.388 e. The van der Waals surface area contributed by atoms with E-state index in [0.29, 0.717) is 18.7 Å². The Kier molecular flexibility index (Phi) is 3.30. The summed E-state index contributed by atoms with van der Waals surface area (Å²) in [6, 6.07) is 3.60. The van der Waals surface area contributed by atoms with Crippen LogP contribution in [0.15, 0.2) is 18.2 Å². The third-order valence-electron chi connectivity index (χ3n) is 3.29. The highest BCUT2D eigenvalue weighted by molar-refractivity contribution is 5.79. The molecule has 0 radical (unpaired) electrons. The van der Waals surface area contributed by atoms with Crippen molar-refractivity contribution in [3.63, 3.8) is 0 Å². The molecule has 1 fully saturated rings. The highest BCUT2D eigenvalue weighted by Gasteiger charge is 2.36. The molecule has 3 nitrogen and oxygen atoms in total. The first-order valence-electron chi connectivity index (χ1n) is 5.87. The Balaban J connectivity index is 2.36. The third kappa shape index (κ3) is 2.89. The Bertz CT molecular complexity index is 497. The van der Waals surface area contributed by atoms with Gasteiger partial charge in [-0.15, -0.1) is 0 Å². The number of hydrogen-bond donors (Lipinski definition) is 1. The van der Waals surface area contributed by atoms with E-state index in [1.807, 2.05) is 0 Å². The molecule has 2 rings (SSSR count). The number of halogens is 3. The number of carbonyl (C=O) groups excluding carboxylic acids is 1. The van der Waals surface area contributed by atoms with Crippen LogP contribution in [0.3, 0.4) is 0 Å². The number of anilines is 1. The van der Waals surface area contributed by atoms with Gasteiger partial charge in [-0.05, 0) is 31.5 Å². The summed E-state index contributed by atoms with van der Waals surface area (Å²) in [6.07, 6.45) is -3.86. The standard InChI is InChI=1S/C13H14F3NO2/c1-12(19)4-5-17(8-12)10-3-2-9(7-18)11(6-10)13(14,15)16/h2-3,6-7,19H,4-5,8H2,1H3. The molecule has 1 N–H and O–H groups in total. The summed E-state index contributed by atoms with van der Waals surface area (Å²) in [5.41, 5.74) is -1.83. The summed E-state index contributed by atoms with van der Waals surface area (Å²) >= 11 is 0. The zero-order chi connectivity index (χ0) is 14.3. The molecule has 1 unspecified atom stereocenters. The van der Waals surface area contributed by atoms with Crippen LogP contribution in [0.1, 0.15) is 29.3 Å². The van der Waals surface area contributed by atoms with Crippen molar-refractivity contribution in [3.05, 3.63) is 29.3 Å². The summed E-state index contributed by atoms with van der Waals surface area (Å²) < 4.78 is 38.5. The van der Waals surface area contributed by atoms with Crippen molar-refractivity contribution in [2.24, 2.45) is 0 Å². The minimum atomic E-state index is -4.56. The van der Waals surface area contributed by atoms with Gasteiger partial charge in [0.1, 0.15) is 0 Å². The van der Waals surface area contributed by atoms with E-state index in [-0.39, 0.29) is 18.4 Å². The molecular formula is C13H14F3NO2. The van der Waals surface area contributed by atoms with E-state index < -0.39 is 17.3 Å². The lowest BCUT2D eigenvalue weighted by Crippen LogP contribution is -2.29. The van der Waals surface area contributed by atoms with Crippen LogP contribution in [0.4, 0.5) is 18.9 Å². The molecule has 19 heavy (non-hydrogen) atoms. The third-order valence-corrected chi connectivity index (χ3v) is 3.29. The molecule has 0 spiro atoms. The maximum Gasteiger partial charge on any atom is 0.417 e. The molecule has 0 bridgehead atoms. The van der Waals surface area contributed by atoms with Gasteiger partial charge in [0.2, 0.25) is 0 Å². The van der Waals surface area contributed by atoms with Gasteiger partial charge in [-0.2, -0.15) is 13.2 Å². The van der Waals surface area contributed by atoms with Gasteiger partial charge in [-0.3, -0.25) is 4.79 Å². The van der Waals surface area contributed by atoms with E-state index in [0.717, 1.165) is 12.1 Å². The van der Waals surface area contributed by atoms with Gasteiger partial charge in [0.25, 0.3) is 0 Å². The first-order chi connectivity index (χ1) is 8.73. The maximum atomic E-state index is 12.8. The van der Waals surface area contributed by atoms with Crippen molar-refractivity contribution in [3.8, 4) is 0 Å². The predicted molar refractivity (Wildman–Crippen MR) is 64.3 cm³/mol. The second-order valence-corrected chi connectivity index (χ2v) is 5.06. The van der Waals surface area contributed by atoms with Crippen molar-refractivity contribution in [1.82, 2.24) is 0 Å². The molecular weight excluding hydrogens is 259 g/mol. The molecule has 1 aromatic carbocycles. The van der Waals surface area contributed by atoms with Crippen molar-refractivity contribution in [2.75, 3.05) is 18.0 Å². The summed E-state index contributed by atoms with van der Waals surface area (Å²) in [5.74, 6) is 0. The van der Waals surface area contributed by atoms with Crippen LogP contribution in [0.2, 0.25) is 0 Å². The molecule has 1 heterocycles. The summed E-state index contributed by atoms with van der Waals surface area (Å²) in [4.78, 5) is 12.3. The molecule has 104 valence electrons. The van der Waals surface area contributed by atoms with E-state index >= 15 is 0 Å². The topological polar surface area (TPSA) is 40.5 Å². The first kappa shape index (κ1) is 13.9. The number of β-amino-alcohol motifs (C(OH)–C–C–N with tert-alkyl or cyclic N) is 1. The Morgan fingerprint density at radius 1 is 1.42 bits per heavy atom. The fourth-order valence-electron chi connectivity index (χ4n) is 2.25. The van der Waals surface area contributed by atoms with Crippen molar-refractivity contribution >= 4 is 12.0 Å². The van der Waals surface area contributed by atoms with Crippen molar-refractivity contribution in [1.29, 1.82) is 0 Å². The maximum absolute atomic E-state index is 12.8. The Labute approximate surface area is 108 Å². The number of carbonyl (C=O) groups is 1. The van der Waals surface area contributed by atoms with Crippen LogP contribution in [-0.2, 0) is 6.18 Å². The largest absolute Gasteiger partial charge is 0.417 e. The number of rotatable bonds is 2. The van der Waals surface area contributed by atoms with E-state index in [1.54, 1.807) is 11.8 Å². The Morgan fingerprint density at radius 2 is 2.11 bits per heavy atom. The van der Waals surface area contributed by atoms with Crippen molar-refractivity contribution in [2.45, 2.75) is 25.1 Å². The molecule has 1 aromatic rings. The lowest BCUT2D eigenvalue weighted by molar-refractivity contribution is -0.137. The highest BCUT2D eigenvalue weighted by Crippen LogP contribution is 2.35. The van der Waals surface area contributed by atoms with E-state index in [9.17, 15) is 23.1 Å².